The van der Waals surface area contributed by atoms with Crippen molar-refractivity contribution in [3.63, 3.8) is 0 Å². The molecule has 0 unspecified atom stereocenters. The Balaban J connectivity index is 1.86. The number of nitro benzene ring substituents is 1. The first kappa shape index (κ1) is 16.4. The minimum atomic E-state index is -0.457. The first-order chi connectivity index (χ1) is 12.1. The van der Waals surface area contributed by atoms with Gasteiger partial charge in [-0.15, -0.1) is 0 Å². The first-order valence-electron chi connectivity index (χ1n) is 7.90. The highest BCUT2D eigenvalue weighted by atomic mass is 16.6. The SMILES string of the molecule is CCN(C(=O)/C=C/c1ccccc1[N+](=O)[O-])c1ccc2[nH]ccc2c1. The number of nitro groups is 1. The van der Waals surface area contributed by atoms with E-state index in [0.29, 0.717) is 12.1 Å². The molecule has 1 amide bonds. The van der Waals surface area contributed by atoms with E-state index in [1.165, 1.54) is 18.2 Å². The van der Waals surface area contributed by atoms with E-state index in [0.717, 1.165) is 16.6 Å². The molecule has 0 spiro atoms. The van der Waals surface area contributed by atoms with Crippen LogP contribution < -0.4 is 4.90 Å². The number of fused-ring (bicyclic) bond motifs is 1. The van der Waals surface area contributed by atoms with Crippen molar-refractivity contribution in [3.8, 4) is 0 Å². The smallest absolute Gasteiger partial charge is 0.276 e. The fourth-order valence-corrected chi connectivity index (χ4v) is 2.72. The summed E-state index contributed by atoms with van der Waals surface area (Å²) in [6.45, 7) is 2.38. The van der Waals surface area contributed by atoms with Gasteiger partial charge in [-0.2, -0.15) is 0 Å². The molecule has 1 heterocycles. The number of H-pyrrole nitrogens is 1. The van der Waals surface area contributed by atoms with Crippen molar-refractivity contribution in [2.75, 3.05) is 11.4 Å². The van der Waals surface area contributed by atoms with Gasteiger partial charge in [-0.05, 0) is 43.3 Å². The van der Waals surface area contributed by atoms with Crippen LogP contribution in [0.1, 0.15) is 12.5 Å². The highest BCUT2D eigenvalue weighted by molar-refractivity contribution is 6.05. The van der Waals surface area contributed by atoms with E-state index in [-0.39, 0.29) is 11.6 Å². The molecule has 3 rings (SSSR count). The summed E-state index contributed by atoms with van der Waals surface area (Å²) in [5.74, 6) is -0.226. The van der Waals surface area contributed by atoms with Gasteiger partial charge in [0.1, 0.15) is 0 Å². The summed E-state index contributed by atoms with van der Waals surface area (Å²) in [5, 5.41) is 12.1. The third kappa shape index (κ3) is 3.42. The Hall–Kier alpha value is -3.41. The third-order valence-corrected chi connectivity index (χ3v) is 3.97. The van der Waals surface area contributed by atoms with Crippen LogP contribution in [0.3, 0.4) is 0 Å². The average molecular weight is 335 g/mol. The van der Waals surface area contributed by atoms with Gasteiger partial charge in [0, 0.05) is 41.5 Å². The fraction of sp³-hybridized carbons (Fsp3) is 0.105. The number of rotatable bonds is 5. The van der Waals surface area contributed by atoms with Gasteiger partial charge < -0.3 is 9.88 Å². The summed E-state index contributed by atoms with van der Waals surface area (Å²) in [5.41, 5.74) is 2.16. The Morgan fingerprint density at radius 2 is 2.04 bits per heavy atom. The van der Waals surface area contributed by atoms with E-state index in [1.54, 1.807) is 23.1 Å². The van der Waals surface area contributed by atoms with E-state index in [4.69, 9.17) is 0 Å². The van der Waals surface area contributed by atoms with Crippen molar-refractivity contribution in [1.29, 1.82) is 0 Å². The van der Waals surface area contributed by atoms with Gasteiger partial charge in [-0.3, -0.25) is 14.9 Å². The molecular formula is C19H17N3O3. The fourth-order valence-electron chi connectivity index (χ4n) is 2.72. The Labute approximate surface area is 144 Å². The maximum absolute atomic E-state index is 12.6. The molecule has 0 aliphatic heterocycles. The van der Waals surface area contributed by atoms with Crippen LogP contribution >= 0.6 is 0 Å². The lowest BCUT2D eigenvalue weighted by Gasteiger charge is -2.19. The molecular weight excluding hydrogens is 318 g/mol. The number of amides is 1. The van der Waals surface area contributed by atoms with E-state index >= 15 is 0 Å². The summed E-state index contributed by atoms with van der Waals surface area (Å²) < 4.78 is 0. The second-order valence-electron chi connectivity index (χ2n) is 5.48. The lowest BCUT2D eigenvalue weighted by atomic mass is 10.1. The van der Waals surface area contributed by atoms with E-state index in [1.807, 2.05) is 37.4 Å². The van der Waals surface area contributed by atoms with E-state index < -0.39 is 4.92 Å². The average Bonchev–Trinajstić information content (AvgIpc) is 3.08. The molecule has 0 bridgehead atoms. The summed E-state index contributed by atoms with van der Waals surface area (Å²) >= 11 is 0. The van der Waals surface area contributed by atoms with E-state index in [2.05, 4.69) is 4.98 Å². The number of aromatic nitrogens is 1. The number of nitrogens with zero attached hydrogens (tertiary/aromatic N) is 2. The van der Waals surface area contributed by atoms with Gasteiger partial charge in [0.25, 0.3) is 11.6 Å². The highest BCUT2D eigenvalue weighted by Crippen LogP contribution is 2.23. The molecule has 126 valence electrons. The Kier molecular flexibility index (Phi) is 4.61. The summed E-state index contributed by atoms with van der Waals surface area (Å²) in [4.78, 5) is 27.9. The molecule has 0 atom stereocenters. The zero-order valence-corrected chi connectivity index (χ0v) is 13.7. The number of anilines is 1. The second kappa shape index (κ2) is 7.00. The predicted molar refractivity (Wildman–Crippen MR) is 98.5 cm³/mol. The van der Waals surface area contributed by atoms with Crippen molar-refractivity contribution < 1.29 is 9.72 Å². The molecule has 0 saturated heterocycles. The van der Waals surface area contributed by atoms with Crippen molar-refractivity contribution in [3.05, 3.63) is 76.5 Å². The summed E-state index contributed by atoms with van der Waals surface area (Å²) in [7, 11) is 0. The Morgan fingerprint density at radius 1 is 1.24 bits per heavy atom. The van der Waals surface area contributed by atoms with Gasteiger partial charge in [0.05, 0.1) is 10.5 Å². The maximum atomic E-state index is 12.6. The predicted octanol–water partition coefficient (Wildman–Crippen LogP) is 4.14. The minimum absolute atomic E-state index is 0.0247. The van der Waals surface area contributed by atoms with Gasteiger partial charge >= 0.3 is 0 Å². The van der Waals surface area contributed by atoms with Crippen LogP contribution in [-0.4, -0.2) is 22.4 Å². The van der Waals surface area contributed by atoms with Crippen molar-refractivity contribution in [2.24, 2.45) is 0 Å². The number of carbonyl (C=O) groups excluding carboxylic acids is 1. The molecule has 3 aromatic rings. The van der Waals surface area contributed by atoms with Crippen LogP contribution in [0, 0.1) is 10.1 Å². The molecule has 0 aliphatic rings. The first-order valence-corrected chi connectivity index (χ1v) is 7.90. The summed E-state index contributed by atoms with van der Waals surface area (Å²) in [6.07, 6.45) is 4.70. The number of hydrogen-bond donors (Lipinski definition) is 1. The van der Waals surface area contributed by atoms with Crippen molar-refractivity contribution in [1.82, 2.24) is 4.98 Å². The van der Waals surface area contributed by atoms with Crippen molar-refractivity contribution >= 4 is 34.3 Å². The molecule has 6 nitrogen and oxygen atoms in total. The van der Waals surface area contributed by atoms with Crippen LogP contribution in [0.2, 0.25) is 0 Å². The highest BCUT2D eigenvalue weighted by Gasteiger charge is 2.14. The monoisotopic (exact) mass is 335 g/mol. The lowest BCUT2D eigenvalue weighted by molar-refractivity contribution is -0.385. The number of nitrogens with one attached hydrogen (secondary N) is 1. The normalized spacial score (nSPS) is 11.1. The molecule has 0 aliphatic carbocycles. The molecule has 0 fully saturated rings. The van der Waals surface area contributed by atoms with Crippen LogP contribution in [0.5, 0.6) is 0 Å². The minimum Gasteiger partial charge on any atom is -0.361 e. The van der Waals surface area contributed by atoms with E-state index in [9.17, 15) is 14.9 Å². The maximum Gasteiger partial charge on any atom is 0.276 e. The molecule has 6 heteroatoms. The topological polar surface area (TPSA) is 79.2 Å². The molecule has 25 heavy (non-hydrogen) atoms. The third-order valence-electron chi connectivity index (χ3n) is 3.97. The second-order valence-corrected chi connectivity index (χ2v) is 5.48. The van der Waals surface area contributed by atoms with Gasteiger partial charge in [-0.25, -0.2) is 0 Å². The number of carbonyl (C=O) groups is 1. The molecule has 2 aromatic carbocycles. The molecule has 0 saturated carbocycles. The number of hydrogen-bond acceptors (Lipinski definition) is 3. The zero-order valence-electron chi connectivity index (χ0n) is 13.7. The lowest BCUT2D eigenvalue weighted by Crippen LogP contribution is -2.28. The Bertz CT molecular complexity index is 959. The van der Waals surface area contributed by atoms with Crippen LogP contribution in [0.25, 0.3) is 17.0 Å². The van der Waals surface area contributed by atoms with Gasteiger partial charge in [0.2, 0.25) is 0 Å². The number of para-hydroxylation sites is 1. The Morgan fingerprint density at radius 3 is 2.80 bits per heavy atom. The number of likely N-dealkylation sites (N-methyl/N-ethyl adjacent to an activating group) is 1. The zero-order chi connectivity index (χ0) is 17.8. The van der Waals surface area contributed by atoms with Crippen LogP contribution in [-0.2, 0) is 4.79 Å². The molecule has 1 N–H and O–H groups in total. The van der Waals surface area contributed by atoms with Crippen LogP contribution in [0.4, 0.5) is 11.4 Å². The van der Waals surface area contributed by atoms with Gasteiger partial charge in [-0.1, -0.05) is 12.1 Å². The quantitative estimate of drug-likeness (QED) is 0.432. The largest absolute Gasteiger partial charge is 0.361 e. The van der Waals surface area contributed by atoms with Gasteiger partial charge in [0.15, 0.2) is 0 Å². The van der Waals surface area contributed by atoms with Crippen LogP contribution in [0.15, 0.2) is 60.8 Å². The molecule has 0 radical (unpaired) electrons. The molecule has 1 aromatic heterocycles. The number of benzene rings is 2. The summed E-state index contributed by atoms with van der Waals surface area (Å²) in [6, 6.07) is 14.0. The standard InChI is InChI=1S/C19H17N3O3/c1-2-21(16-8-9-17-15(13-16)11-12-20-17)19(23)10-7-14-5-3-4-6-18(14)22(24)25/h3-13,20H,2H2,1H3/b10-7+. The number of aromatic amines is 1. The van der Waals surface area contributed by atoms with Crippen molar-refractivity contribution in [2.45, 2.75) is 6.92 Å².